The monoisotopic (exact) mass is 307 g/mol. The number of nitrogen functional groups attached to an aromatic ring is 1. The molecular formula is C13H17N5O2S. The molecule has 0 aliphatic heterocycles. The van der Waals surface area contributed by atoms with E-state index in [1.54, 1.807) is 16.7 Å². The Kier molecular flexibility index (Phi) is 3.87. The molecule has 1 saturated carbocycles. The Morgan fingerprint density at radius 3 is 3.05 bits per heavy atom. The number of ether oxygens (including phenoxy) is 1. The van der Waals surface area contributed by atoms with Crippen LogP contribution in [0.1, 0.15) is 32.2 Å². The number of nitrogens with two attached hydrogens (primary N) is 1. The second-order valence-corrected chi connectivity index (χ2v) is 5.89. The summed E-state index contributed by atoms with van der Waals surface area (Å²) in [5.41, 5.74) is 6.18. The molecule has 0 aromatic carbocycles. The maximum absolute atomic E-state index is 11.7. The van der Waals surface area contributed by atoms with Crippen molar-refractivity contribution in [3.63, 3.8) is 0 Å². The third kappa shape index (κ3) is 3.05. The third-order valence-corrected chi connectivity index (χ3v) is 3.99. The molecule has 1 aliphatic carbocycles. The van der Waals surface area contributed by atoms with Gasteiger partial charge in [-0.1, -0.05) is 6.92 Å². The molecule has 0 saturated heterocycles. The Morgan fingerprint density at radius 2 is 2.33 bits per heavy atom. The van der Waals surface area contributed by atoms with Crippen molar-refractivity contribution in [1.82, 2.24) is 19.7 Å². The Balaban J connectivity index is 1.83. The van der Waals surface area contributed by atoms with Gasteiger partial charge in [0, 0.05) is 6.04 Å². The van der Waals surface area contributed by atoms with Crippen LogP contribution < -0.4 is 16.2 Å². The number of aromatic nitrogens is 4. The van der Waals surface area contributed by atoms with Gasteiger partial charge in [-0.2, -0.15) is 0 Å². The average molecular weight is 307 g/mol. The molecule has 0 radical (unpaired) electrons. The molecule has 0 atom stereocenters. The Morgan fingerprint density at radius 1 is 1.52 bits per heavy atom. The van der Waals surface area contributed by atoms with E-state index in [9.17, 15) is 4.79 Å². The quantitative estimate of drug-likeness (QED) is 0.844. The molecule has 0 unspecified atom stereocenters. The smallest absolute Gasteiger partial charge is 0.344 e. The number of aromatic amines is 1. The van der Waals surface area contributed by atoms with Crippen molar-refractivity contribution in [2.75, 3.05) is 12.3 Å². The van der Waals surface area contributed by atoms with E-state index in [0.717, 1.165) is 19.3 Å². The Bertz CT molecular complexity index is 692. The molecule has 21 heavy (non-hydrogen) atoms. The van der Waals surface area contributed by atoms with Crippen LogP contribution in [0.3, 0.4) is 0 Å². The van der Waals surface area contributed by atoms with Crippen molar-refractivity contribution < 1.29 is 4.74 Å². The first kappa shape index (κ1) is 14.0. The molecule has 2 aromatic rings. The van der Waals surface area contributed by atoms with Crippen molar-refractivity contribution in [2.45, 2.75) is 42.4 Å². The van der Waals surface area contributed by atoms with Crippen molar-refractivity contribution >= 4 is 17.4 Å². The Hall–Kier alpha value is -1.96. The predicted molar refractivity (Wildman–Crippen MR) is 79.7 cm³/mol. The highest BCUT2D eigenvalue weighted by molar-refractivity contribution is 7.99. The fraction of sp³-hybridized carbons (Fsp3) is 0.462. The number of nitrogens with zero attached hydrogens (tertiary/aromatic N) is 3. The minimum absolute atomic E-state index is 0.169. The first-order valence-electron chi connectivity index (χ1n) is 6.93. The normalized spacial score (nSPS) is 14.3. The van der Waals surface area contributed by atoms with Crippen LogP contribution >= 0.6 is 11.8 Å². The zero-order chi connectivity index (χ0) is 14.8. The summed E-state index contributed by atoms with van der Waals surface area (Å²) < 4.78 is 7.20. The summed E-state index contributed by atoms with van der Waals surface area (Å²) in [6.07, 6.45) is 2.93. The van der Waals surface area contributed by atoms with Gasteiger partial charge in [-0.15, -0.1) is 5.10 Å². The summed E-state index contributed by atoms with van der Waals surface area (Å²) in [6, 6.07) is 3.82. The van der Waals surface area contributed by atoms with Gasteiger partial charge in [0.2, 0.25) is 5.88 Å². The molecule has 8 heteroatoms. The molecule has 0 spiro atoms. The van der Waals surface area contributed by atoms with Crippen LogP contribution in [0.25, 0.3) is 0 Å². The summed E-state index contributed by atoms with van der Waals surface area (Å²) in [4.78, 5) is 16.1. The van der Waals surface area contributed by atoms with Crippen LogP contribution in [-0.2, 0) is 0 Å². The van der Waals surface area contributed by atoms with E-state index >= 15 is 0 Å². The molecule has 1 aliphatic rings. The maximum atomic E-state index is 11.7. The van der Waals surface area contributed by atoms with E-state index in [1.165, 1.54) is 11.8 Å². The van der Waals surface area contributed by atoms with Gasteiger partial charge in [-0.25, -0.2) is 14.9 Å². The highest BCUT2D eigenvalue weighted by Gasteiger charge is 2.28. The lowest BCUT2D eigenvalue weighted by Gasteiger charge is -2.08. The molecular weight excluding hydrogens is 290 g/mol. The summed E-state index contributed by atoms with van der Waals surface area (Å²) in [5, 5.41) is 7.89. The van der Waals surface area contributed by atoms with Crippen LogP contribution in [-0.4, -0.2) is 26.4 Å². The van der Waals surface area contributed by atoms with Crippen LogP contribution in [0.4, 0.5) is 5.69 Å². The van der Waals surface area contributed by atoms with Crippen LogP contribution in [0.15, 0.2) is 27.1 Å². The van der Waals surface area contributed by atoms with E-state index in [2.05, 4.69) is 15.2 Å². The van der Waals surface area contributed by atoms with Gasteiger partial charge >= 0.3 is 5.69 Å². The summed E-state index contributed by atoms with van der Waals surface area (Å²) in [6.45, 7) is 2.59. The van der Waals surface area contributed by atoms with Crippen molar-refractivity contribution in [3.8, 4) is 5.88 Å². The van der Waals surface area contributed by atoms with Crippen LogP contribution in [0.5, 0.6) is 5.88 Å². The fourth-order valence-electron chi connectivity index (χ4n) is 1.92. The van der Waals surface area contributed by atoms with Gasteiger partial charge < -0.3 is 10.5 Å². The van der Waals surface area contributed by atoms with Gasteiger partial charge in [-0.05, 0) is 43.2 Å². The van der Waals surface area contributed by atoms with Gasteiger partial charge in [0.15, 0.2) is 5.16 Å². The predicted octanol–water partition coefficient (Wildman–Crippen LogP) is 1.82. The zero-order valence-electron chi connectivity index (χ0n) is 11.7. The van der Waals surface area contributed by atoms with Gasteiger partial charge in [0.25, 0.3) is 0 Å². The average Bonchev–Trinajstić information content (AvgIpc) is 3.24. The third-order valence-electron chi connectivity index (χ3n) is 3.09. The van der Waals surface area contributed by atoms with Gasteiger partial charge in [-0.3, -0.25) is 4.57 Å². The minimum Gasteiger partial charge on any atom is -0.476 e. The van der Waals surface area contributed by atoms with Gasteiger partial charge in [0.1, 0.15) is 5.03 Å². The lowest BCUT2D eigenvalue weighted by atomic mass is 10.4. The first-order chi connectivity index (χ1) is 10.2. The van der Waals surface area contributed by atoms with Crippen molar-refractivity contribution in [2.24, 2.45) is 0 Å². The number of hydrogen-bond donors (Lipinski definition) is 2. The SMILES string of the molecule is CCCOc1nc(Sc2n[nH]c(=O)n2C2CC2)ccc1N. The maximum Gasteiger partial charge on any atom is 0.344 e. The number of pyridine rings is 1. The van der Waals surface area contributed by atoms with Crippen LogP contribution in [0.2, 0.25) is 0 Å². The van der Waals surface area contributed by atoms with Crippen molar-refractivity contribution in [1.29, 1.82) is 0 Å². The molecule has 3 N–H and O–H groups in total. The highest BCUT2D eigenvalue weighted by Crippen LogP contribution is 2.37. The molecule has 3 rings (SSSR count). The minimum atomic E-state index is -0.169. The highest BCUT2D eigenvalue weighted by atomic mass is 32.2. The topological polar surface area (TPSA) is 98.8 Å². The second kappa shape index (κ2) is 5.80. The van der Waals surface area contributed by atoms with Gasteiger partial charge in [0.05, 0.1) is 12.3 Å². The van der Waals surface area contributed by atoms with E-state index < -0.39 is 0 Å². The number of anilines is 1. The van der Waals surface area contributed by atoms with E-state index in [1.807, 2.05) is 6.92 Å². The molecule has 0 bridgehead atoms. The Labute approximate surface area is 125 Å². The van der Waals surface area contributed by atoms with E-state index in [0.29, 0.717) is 28.4 Å². The molecule has 0 amide bonds. The number of H-pyrrole nitrogens is 1. The number of rotatable bonds is 6. The molecule has 1 fully saturated rings. The molecule has 112 valence electrons. The molecule has 2 aromatic heterocycles. The zero-order valence-corrected chi connectivity index (χ0v) is 12.5. The summed E-state index contributed by atoms with van der Waals surface area (Å²) in [7, 11) is 0. The number of hydrogen-bond acceptors (Lipinski definition) is 6. The first-order valence-corrected chi connectivity index (χ1v) is 7.74. The van der Waals surface area contributed by atoms with Crippen molar-refractivity contribution in [3.05, 3.63) is 22.6 Å². The fourth-order valence-corrected chi connectivity index (χ4v) is 2.79. The molecule has 2 heterocycles. The summed E-state index contributed by atoms with van der Waals surface area (Å²) in [5.74, 6) is 0.428. The standard InChI is InChI=1S/C13H17N5O2S/c1-2-7-20-11-9(14)5-6-10(15-11)21-13-17-16-12(19)18(13)8-3-4-8/h5-6,8H,2-4,7,14H2,1H3,(H,16,19). The number of nitrogens with one attached hydrogen (secondary N) is 1. The molecule has 7 nitrogen and oxygen atoms in total. The summed E-state index contributed by atoms with van der Waals surface area (Å²) >= 11 is 1.33. The lowest BCUT2D eigenvalue weighted by molar-refractivity contribution is 0.305. The van der Waals surface area contributed by atoms with E-state index in [-0.39, 0.29) is 11.7 Å². The second-order valence-electron chi connectivity index (χ2n) is 4.91. The van der Waals surface area contributed by atoms with E-state index in [4.69, 9.17) is 10.5 Å². The lowest BCUT2D eigenvalue weighted by Crippen LogP contribution is -2.16. The van der Waals surface area contributed by atoms with Crippen LogP contribution in [0, 0.1) is 0 Å². The largest absolute Gasteiger partial charge is 0.476 e.